The van der Waals surface area contributed by atoms with E-state index in [2.05, 4.69) is 40.2 Å². The lowest BCUT2D eigenvalue weighted by atomic mass is 9.85. The number of carbonyl (C=O) groups is 2. The molecule has 2 saturated heterocycles. The van der Waals surface area contributed by atoms with E-state index in [-0.39, 0.29) is 35.7 Å². The maximum Gasteiger partial charge on any atom is 0.234 e. The molecule has 2 amide bonds. The monoisotopic (exact) mass is 371 g/mol. The smallest absolute Gasteiger partial charge is 0.234 e. The Morgan fingerprint density at radius 2 is 1.57 bits per heavy atom. The summed E-state index contributed by atoms with van der Waals surface area (Å²) in [5, 5.41) is 1.24. The van der Waals surface area contributed by atoms with Gasteiger partial charge in [0.05, 0.1) is 17.9 Å². The molecule has 0 saturated carbocycles. The summed E-state index contributed by atoms with van der Waals surface area (Å²) in [6.07, 6.45) is 0.927. The molecule has 0 radical (unpaired) electrons. The Hall–Kier alpha value is -2.92. The highest BCUT2D eigenvalue weighted by atomic mass is 16.2. The molecule has 3 aliphatic heterocycles. The van der Waals surface area contributed by atoms with Crippen molar-refractivity contribution in [1.82, 2.24) is 14.8 Å². The van der Waals surface area contributed by atoms with Crippen LogP contribution in [-0.2, 0) is 16.0 Å². The van der Waals surface area contributed by atoms with Gasteiger partial charge in [0.2, 0.25) is 11.8 Å². The number of nitrogens with one attached hydrogen (secondary N) is 1. The van der Waals surface area contributed by atoms with Crippen LogP contribution in [0.2, 0.25) is 0 Å². The zero-order chi connectivity index (χ0) is 19.0. The standard InChI is InChI=1S/C23H21N3O2/c1-25-22(27)17-18(23(25)28)21-19-15(14-9-5-6-10-16(14)24-19)11-12-26(21)20(17)13-7-3-2-4-8-13/h2-10,17-18,20-21,24H,11-12H2,1H3/t17-,18+,20-,21-/m1/s1. The van der Waals surface area contributed by atoms with Crippen LogP contribution < -0.4 is 0 Å². The van der Waals surface area contributed by atoms with E-state index in [1.165, 1.54) is 15.8 Å². The number of imide groups is 1. The molecule has 0 unspecified atom stereocenters. The van der Waals surface area contributed by atoms with Crippen molar-refractivity contribution in [2.45, 2.75) is 18.5 Å². The Morgan fingerprint density at radius 3 is 2.36 bits per heavy atom. The van der Waals surface area contributed by atoms with Gasteiger partial charge in [0.25, 0.3) is 0 Å². The van der Waals surface area contributed by atoms with Crippen LogP contribution in [0.5, 0.6) is 0 Å². The van der Waals surface area contributed by atoms with Crippen LogP contribution in [0.25, 0.3) is 10.9 Å². The lowest BCUT2D eigenvalue weighted by molar-refractivity contribution is -0.140. The van der Waals surface area contributed by atoms with Gasteiger partial charge in [0.15, 0.2) is 0 Å². The van der Waals surface area contributed by atoms with E-state index < -0.39 is 0 Å². The van der Waals surface area contributed by atoms with E-state index >= 15 is 0 Å². The van der Waals surface area contributed by atoms with Gasteiger partial charge in [-0.25, -0.2) is 0 Å². The average Bonchev–Trinajstić information content (AvgIpc) is 3.34. The molecule has 5 heteroatoms. The molecule has 3 aliphatic rings. The van der Waals surface area contributed by atoms with E-state index in [1.54, 1.807) is 7.05 Å². The van der Waals surface area contributed by atoms with Crippen LogP contribution in [0.15, 0.2) is 54.6 Å². The van der Waals surface area contributed by atoms with Crippen LogP contribution in [0.1, 0.15) is 28.9 Å². The Kier molecular flexibility index (Phi) is 3.19. The van der Waals surface area contributed by atoms with E-state index in [4.69, 9.17) is 0 Å². The third-order valence-electron chi connectivity index (χ3n) is 6.92. The molecular weight excluding hydrogens is 350 g/mol. The average molecular weight is 371 g/mol. The van der Waals surface area contributed by atoms with Crippen LogP contribution in [0.4, 0.5) is 0 Å². The number of H-pyrrole nitrogens is 1. The summed E-state index contributed by atoms with van der Waals surface area (Å²) >= 11 is 0. The van der Waals surface area contributed by atoms with Crippen molar-refractivity contribution in [2.24, 2.45) is 11.8 Å². The fourth-order valence-electron chi connectivity index (χ4n) is 5.77. The lowest BCUT2D eigenvalue weighted by Crippen LogP contribution is -2.39. The largest absolute Gasteiger partial charge is 0.357 e. The van der Waals surface area contributed by atoms with Crippen molar-refractivity contribution in [3.05, 3.63) is 71.4 Å². The van der Waals surface area contributed by atoms with Gasteiger partial charge < -0.3 is 4.98 Å². The number of fused-ring (bicyclic) bond motifs is 7. The topological polar surface area (TPSA) is 56.4 Å². The van der Waals surface area contributed by atoms with Crippen molar-refractivity contribution in [3.63, 3.8) is 0 Å². The molecule has 0 bridgehead atoms. The number of rotatable bonds is 1. The number of nitrogens with zero attached hydrogens (tertiary/aromatic N) is 2. The molecule has 1 N–H and O–H groups in total. The summed E-state index contributed by atoms with van der Waals surface area (Å²) in [6, 6.07) is 18.4. The van der Waals surface area contributed by atoms with Crippen LogP contribution in [0.3, 0.4) is 0 Å². The minimum absolute atomic E-state index is 0.0454. The van der Waals surface area contributed by atoms with E-state index in [9.17, 15) is 9.59 Å². The van der Waals surface area contributed by atoms with Gasteiger partial charge in [0, 0.05) is 36.2 Å². The third kappa shape index (κ3) is 1.89. The Balaban J connectivity index is 1.57. The van der Waals surface area contributed by atoms with Crippen LogP contribution >= 0.6 is 0 Å². The second-order valence-corrected chi connectivity index (χ2v) is 8.14. The first-order valence-corrected chi connectivity index (χ1v) is 9.88. The summed E-state index contributed by atoms with van der Waals surface area (Å²) < 4.78 is 0. The number of amides is 2. The van der Waals surface area contributed by atoms with Crippen molar-refractivity contribution in [3.8, 4) is 0 Å². The lowest BCUT2D eigenvalue weighted by Gasteiger charge is -2.36. The maximum atomic E-state index is 13.1. The second kappa shape index (κ2) is 5.55. The first-order valence-electron chi connectivity index (χ1n) is 9.88. The fraction of sp³-hybridized carbons (Fsp3) is 0.304. The summed E-state index contributed by atoms with van der Waals surface area (Å²) in [7, 11) is 1.63. The summed E-state index contributed by atoms with van der Waals surface area (Å²) in [6.45, 7) is 0.857. The number of benzene rings is 2. The minimum atomic E-state index is -0.324. The Labute approximate surface area is 162 Å². The number of para-hydroxylation sites is 1. The Bertz CT molecular complexity index is 1120. The number of aromatic nitrogens is 1. The SMILES string of the molecule is CN1C(=O)[C@@H]2[C@H](C1=O)[C@@H]1c3[nH]c4ccccc4c3CCN1[C@@H]2c1ccccc1. The molecule has 0 spiro atoms. The van der Waals surface area contributed by atoms with Crippen LogP contribution in [-0.4, -0.2) is 40.2 Å². The normalized spacial score (nSPS) is 29.2. The highest BCUT2D eigenvalue weighted by molar-refractivity contribution is 6.06. The quantitative estimate of drug-likeness (QED) is 0.669. The van der Waals surface area contributed by atoms with Gasteiger partial charge >= 0.3 is 0 Å². The third-order valence-corrected chi connectivity index (χ3v) is 6.92. The number of hydrogen-bond donors (Lipinski definition) is 1. The highest BCUT2D eigenvalue weighted by Gasteiger charge is 2.63. The maximum absolute atomic E-state index is 13.1. The van der Waals surface area contributed by atoms with Crippen molar-refractivity contribution in [1.29, 1.82) is 0 Å². The zero-order valence-electron chi connectivity index (χ0n) is 15.6. The van der Waals surface area contributed by atoms with E-state index in [0.717, 1.165) is 29.7 Å². The second-order valence-electron chi connectivity index (χ2n) is 8.14. The highest BCUT2D eigenvalue weighted by Crippen LogP contribution is 2.57. The molecule has 140 valence electrons. The van der Waals surface area contributed by atoms with Gasteiger partial charge in [-0.2, -0.15) is 0 Å². The van der Waals surface area contributed by atoms with Gasteiger partial charge in [-0.1, -0.05) is 48.5 Å². The molecule has 5 nitrogen and oxygen atoms in total. The van der Waals surface area contributed by atoms with Gasteiger partial charge in [0.1, 0.15) is 0 Å². The molecule has 4 heterocycles. The zero-order valence-corrected chi connectivity index (χ0v) is 15.6. The molecule has 2 aromatic carbocycles. The molecular formula is C23H21N3O2. The number of carbonyl (C=O) groups excluding carboxylic acids is 2. The molecule has 1 aromatic heterocycles. The molecule has 28 heavy (non-hydrogen) atoms. The van der Waals surface area contributed by atoms with Crippen molar-refractivity contribution in [2.75, 3.05) is 13.6 Å². The van der Waals surface area contributed by atoms with Crippen molar-refractivity contribution < 1.29 is 9.59 Å². The summed E-state index contributed by atoms with van der Waals surface area (Å²) in [4.78, 5) is 33.5. The first kappa shape index (κ1) is 16.1. The van der Waals surface area contributed by atoms with E-state index in [0.29, 0.717) is 0 Å². The van der Waals surface area contributed by atoms with Gasteiger partial charge in [-0.3, -0.25) is 19.4 Å². The summed E-state index contributed by atoms with van der Waals surface area (Å²) in [5.41, 5.74) is 4.66. The minimum Gasteiger partial charge on any atom is -0.357 e. The molecule has 6 rings (SSSR count). The van der Waals surface area contributed by atoms with Crippen LogP contribution in [0, 0.1) is 11.8 Å². The summed E-state index contributed by atoms with van der Waals surface area (Å²) in [5.74, 6) is -0.733. The fourth-order valence-corrected chi connectivity index (χ4v) is 5.77. The molecule has 3 aromatic rings. The molecule has 4 atom stereocenters. The van der Waals surface area contributed by atoms with Gasteiger partial charge in [-0.15, -0.1) is 0 Å². The number of hydrogen-bond acceptors (Lipinski definition) is 3. The number of likely N-dealkylation sites (tertiary alicyclic amines) is 1. The number of aromatic amines is 1. The van der Waals surface area contributed by atoms with E-state index in [1.807, 2.05) is 24.3 Å². The Morgan fingerprint density at radius 1 is 0.893 bits per heavy atom. The first-order chi connectivity index (χ1) is 13.7. The van der Waals surface area contributed by atoms with Crippen molar-refractivity contribution >= 4 is 22.7 Å². The molecule has 2 fully saturated rings. The predicted octanol–water partition coefficient (Wildman–Crippen LogP) is 3.05. The van der Waals surface area contributed by atoms with Gasteiger partial charge in [-0.05, 0) is 23.6 Å². The predicted molar refractivity (Wildman–Crippen MR) is 105 cm³/mol. The molecule has 0 aliphatic carbocycles.